The van der Waals surface area contributed by atoms with E-state index in [-0.39, 0.29) is 77.2 Å². The number of nitrogens with zero attached hydrogens (tertiary/aromatic N) is 12. The number of fused-ring (bicyclic) bond motifs is 9. The number of nitrogen functional groups attached to an aromatic ring is 5. The molecular weight excluding hydrogens is 1690 g/mol. The van der Waals surface area contributed by atoms with E-state index in [1.807, 2.05) is 102 Å². The molecule has 0 unspecified atom stereocenters. The summed E-state index contributed by atoms with van der Waals surface area (Å²) in [6, 6.07) is 36.1. The van der Waals surface area contributed by atoms with E-state index in [9.17, 15) is 42.8 Å². The molecule has 0 bridgehead atoms. The van der Waals surface area contributed by atoms with Crippen molar-refractivity contribution in [3.05, 3.63) is 273 Å². The third kappa shape index (κ3) is 19.8. The summed E-state index contributed by atoms with van der Waals surface area (Å²) < 4.78 is 34.0. The predicted octanol–water partition coefficient (Wildman–Crippen LogP) is 18.2. The topological polar surface area (TPSA) is 539 Å². The molecule has 0 spiro atoms. The van der Waals surface area contributed by atoms with Gasteiger partial charge in [-0.2, -0.15) is 17.9 Å². The fraction of sp³-hybridized carbons (Fsp3) is 0.119. The number of carbonyl (C=O) groups is 4. The number of carboxylic acids is 4. The number of halogens is 4. The quantitative estimate of drug-likeness (QED) is 0.0433. The number of non-ortho nitro benzene ring substituents is 1. The molecule has 9 heterocycles. The largest absolute Gasteiger partial charge is 0.506 e. The van der Waals surface area contributed by atoms with Gasteiger partial charge in [-0.25, -0.2) is 39.1 Å². The number of aromatic carboxylic acids is 4. The number of oxazole rings is 1. The lowest BCUT2D eigenvalue weighted by atomic mass is 10.0. The SMILES string of the molecule is CC1=NS(=O)(=O)c2ccc(C(=O)O)c(N)c21.Cc1cc(O)c2nccnc2c1C.Cc1ccc2cccnc2c1N.Cc1ccc2cnccc2c1N.Cc1nc2c(Cl)c(C)cc([N+](=O)[O-])c2s1.Cc1nc2c(Cl)c(C)ccc2o1.Cn1c(Cl)nc2c(Cl)c(C(=O)O)ccc21.Nc1c(C(=O)O)ccc2[nH]ncc12.Nc1c(C(=O)O)ccc2ncccc12. The van der Waals surface area contributed by atoms with Gasteiger partial charge in [-0.15, -0.1) is 11.3 Å². The molecule has 17 aromatic rings. The van der Waals surface area contributed by atoms with Crippen LogP contribution in [0.15, 0.2) is 184 Å². The number of aromatic hydroxyl groups is 1. The van der Waals surface area contributed by atoms with Crippen molar-refractivity contribution in [3.63, 3.8) is 0 Å². The first-order valence-electron chi connectivity index (χ1n) is 35.9. The van der Waals surface area contributed by atoms with Crippen molar-refractivity contribution in [2.75, 3.05) is 28.7 Å². The van der Waals surface area contributed by atoms with Gasteiger partial charge >= 0.3 is 23.9 Å². The number of aromatic amines is 1. The van der Waals surface area contributed by atoms with Gasteiger partial charge in [0, 0.05) is 95.4 Å². The second-order valence-electron chi connectivity index (χ2n) is 26.8. The molecule has 122 heavy (non-hydrogen) atoms. The molecule has 1 aliphatic heterocycles. The fourth-order valence-electron chi connectivity index (χ4n) is 12.1. The highest BCUT2D eigenvalue weighted by Crippen LogP contribution is 2.39. The van der Waals surface area contributed by atoms with Gasteiger partial charge in [0.2, 0.25) is 5.28 Å². The Hall–Kier alpha value is -14.3. The highest BCUT2D eigenvalue weighted by atomic mass is 35.5. The minimum absolute atomic E-state index is 0.0268. The number of carboxylic acid groups (broad SMARTS) is 4. The number of nitrogens with two attached hydrogens (primary N) is 5. The smallest absolute Gasteiger partial charge is 0.337 e. The van der Waals surface area contributed by atoms with Crippen LogP contribution in [0.2, 0.25) is 20.4 Å². The number of anilines is 5. The van der Waals surface area contributed by atoms with Gasteiger partial charge in [0.25, 0.3) is 15.7 Å². The van der Waals surface area contributed by atoms with Gasteiger partial charge in [0.05, 0.1) is 109 Å². The molecule has 16 N–H and O–H groups in total. The minimum atomic E-state index is -3.70. The standard InChI is InChI=1S/C10H8N2O2.C10H10N2O.2C10H10N2.C9H6Cl2N2O2.C9H7ClN2O2S.C9H8ClNO.C9H8N2O4S.C8H7N3O2/c11-9-6-2-1-5-12-8(6)4-3-7(9)10(13)14;1-6-5-8(13)10-9(7(6)2)11-3-4-12-10;1-7-2-3-8-6-12-5-4-9(8)10(7)11;1-7-4-5-8-3-2-6-12-10(8)9(7)11;1-13-5-3-2-4(8(14)15)6(10)7(5)12-9(13)11;1-4-3-6(12(13)14)9-8(7(4)10)11-5(2)15-9;1-5-3-4-7-9(8(5)10)11-6(2)12-7;1-4-7-6(16(14,15)11-4)3-2-5(8(7)10)9(12)13;9-7-4(8(12)13)1-2-6-5(7)3-10-11-6/h1-5H,11H2,(H,13,14);3-5,13H,1-2H3;2*2-6H,11H2,1H3;2-3H,1H3,(H,14,15);3H,1-2H3;3-4H,1-2H3;2-3H,10H2,1H3,(H,12,13);1-3H,9H2,(H,10,11)(H,12,13). The van der Waals surface area contributed by atoms with Gasteiger partial charge in [-0.3, -0.25) is 35.1 Å². The van der Waals surface area contributed by atoms with Gasteiger partial charge in [0.15, 0.2) is 11.5 Å². The number of aromatic nitrogens is 11. The van der Waals surface area contributed by atoms with E-state index in [4.69, 9.17) is 99.9 Å². The van der Waals surface area contributed by atoms with E-state index in [1.165, 1.54) is 60.9 Å². The Morgan fingerprint density at radius 3 is 1.78 bits per heavy atom. The molecule has 32 nitrogen and oxygen atoms in total. The number of hydrogen-bond donors (Lipinski definition) is 11. The summed E-state index contributed by atoms with van der Waals surface area (Å²) in [5.41, 5.74) is 44.3. The number of benzene rings is 9. The van der Waals surface area contributed by atoms with E-state index >= 15 is 0 Å². The van der Waals surface area contributed by atoms with Gasteiger partial charge in [0.1, 0.15) is 37.4 Å². The lowest BCUT2D eigenvalue weighted by Gasteiger charge is -2.06. The Morgan fingerprint density at radius 1 is 0.525 bits per heavy atom. The number of pyridine rings is 3. The Bertz CT molecular complexity index is 7080. The number of rotatable bonds is 5. The number of nitro benzene ring substituents is 1. The third-order valence-corrected chi connectivity index (χ3v) is 22.8. The first-order valence-corrected chi connectivity index (χ1v) is 39.6. The molecule has 38 heteroatoms. The summed E-state index contributed by atoms with van der Waals surface area (Å²) in [6.45, 7) is 16.7. The van der Waals surface area contributed by atoms with Crippen LogP contribution in [-0.4, -0.2) is 123 Å². The number of H-pyrrole nitrogens is 1. The number of nitrogens with one attached hydrogen (secondary N) is 1. The number of imidazole rings is 1. The van der Waals surface area contributed by atoms with Crippen molar-refractivity contribution in [2.45, 2.75) is 67.2 Å². The fourth-order valence-corrected chi connectivity index (χ4v) is 15.2. The molecule has 0 aliphatic carbocycles. The summed E-state index contributed by atoms with van der Waals surface area (Å²) in [7, 11) is -1.97. The van der Waals surface area contributed by atoms with Gasteiger partial charge < -0.3 is 63.2 Å². The lowest BCUT2D eigenvalue weighted by molar-refractivity contribution is -0.382. The summed E-state index contributed by atoms with van der Waals surface area (Å²) in [6.07, 6.45) is 11.7. The Kier molecular flexibility index (Phi) is 28.2. The number of phenols is 1. The zero-order valence-electron chi connectivity index (χ0n) is 66.2. The Labute approximate surface area is 717 Å². The maximum atomic E-state index is 11.5. The number of aryl methyl sites for hydroxylation is 9. The second-order valence-corrected chi connectivity index (χ2v) is 31.0. The first kappa shape index (κ1) is 90.0. The summed E-state index contributed by atoms with van der Waals surface area (Å²) in [5, 5.41) is 69.1. The highest BCUT2D eigenvalue weighted by molar-refractivity contribution is 7.90. The van der Waals surface area contributed by atoms with Crippen LogP contribution in [0, 0.1) is 65.5 Å². The Morgan fingerprint density at radius 2 is 1.11 bits per heavy atom. The maximum absolute atomic E-state index is 11.5. The second kappa shape index (κ2) is 38.2. The molecule has 1 aliphatic rings. The van der Waals surface area contributed by atoms with Crippen LogP contribution in [0.5, 0.6) is 5.75 Å². The van der Waals surface area contributed by atoms with Crippen molar-refractivity contribution in [1.29, 1.82) is 0 Å². The maximum Gasteiger partial charge on any atom is 0.337 e. The molecule has 18 rings (SSSR count). The van der Waals surface area contributed by atoms with Crippen molar-refractivity contribution < 1.29 is 62.5 Å². The van der Waals surface area contributed by atoms with Crippen LogP contribution in [-0.2, 0) is 17.1 Å². The van der Waals surface area contributed by atoms with Gasteiger partial charge in [-0.05, 0) is 185 Å². The van der Waals surface area contributed by atoms with E-state index in [1.54, 1.807) is 92.8 Å². The van der Waals surface area contributed by atoms with Crippen molar-refractivity contribution in [2.24, 2.45) is 11.4 Å². The Balaban J connectivity index is 0.000000144. The normalized spacial score (nSPS) is 11.4. The van der Waals surface area contributed by atoms with E-state index < -0.39 is 38.8 Å². The van der Waals surface area contributed by atoms with Crippen LogP contribution in [0.1, 0.15) is 98.2 Å². The third-order valence-electron chi connectivity index (χ3n) is 18.7. The molecule has 0 saturated heterocycles. The molecule has 0 saturated carbocycles. The highest BCUT2D eigenvalue weighted by Gasteiger charge is 2.31. The van der Waals surface area contributed by atoms with Crippen molar-refractivity contribution >= 4 is 218 Å². The zero-order chi connectivity index (χ0) is 89.2. The molecule has 8 aromatic heterocycles. The molecule has 0 radical (unpaired) electrons. The van der Waals surface area contributed by atoms with Crippen molar-refractivity contribution in [1.82, 2.24) is 54.6 Å². The zero-order valence-corrected chi connectivity index (χ0v) is 70.8. The molecule has 0 atom stereocenters. The van der Waals surface area contributed by atoms with Crippen LogP contribution in [0.4, 0.5) is 34.1 Å². The average Bonchev–Trinajstić information content (AvgIpc) is 1.60. The van der Waals surface area contributed by atoms with E-state index in [0.29, 0.717) is 64.6 Å². The molecule has 0 fully saturated rings. The van der Waals surface area contributed by atoms with Crippen LogP contribution in [0.25, 0.3) is 86.9 Å². The molecular formula is C84H74Cl4N18O14S2. The van der Waals surface area contributed by atoms with Crippen LogP contribution < -0.4 is 28.7 Å². The lowest BCUT2D eigenvalue weighted by Crippen LogP contribution is -2.08. The summed E-state index contributed by atoms with van der Waals surface area (Å²) >= 11 is 25.1. The van der Waals surface area contributed by atoms with Gasteiger partial charge in [-0.1, -0.05) is 71.2 Å². The van der Waals surface area contributed by atoms with Crippen LogP contribution in [0.3, 0.4) is 0 Å². The monoisotopic (exact) mass is 1760 g/mol. The van der Waals surface area contributed by atoms with E-state index in [0.717, 1.165) is 88.0 Å². The predicted molar refractivity (Wildman–Crippen MR) is 477 cm³/mol. The summed E-state index contributed by atoms with van der Waals surface area (Å²) in [5.74, 6) is -3.47. The molecule has 9 aromatic carbocycles. The number of nitro groups is 1. The number of hydrogen-bond acceptors (Lipinski definition) is 25. The minimum Gasteiger partial charge on any atom is -0.506 e. The van der Waals surface area contributed by atoms with Crippen molar-refractivity contribution in [3.8, 4) is 5.75 Å². The van der Waals surface area contributed by atoms with E-state index in [2.05, 4.69) is 54.5 Å². The molecule has 0 amide bonds. The average molecular weight is 1770 g/mol. The number of phenolic OH excluding ortho intramolecular Hbond substituents is 1. The number of sulfonamides is 1. The molecule has 624 valence electrons. The van der Waals surface area contributed by atoms with Crippen LogP contribution >= 0.6 is 57.7 Å². The number of thiazole rings is 1. The first-order chi connectivity index (χ1) is 57.7. The summed E-state index contributed by atoms with van der Waals surface area (Å²) in [4.78, 5) is 86.4.